The summed E-state index contributed by atoms with van der Waals surface area (Å²) in [6, 6.07) is 3.19. The monoisotopic (exact) mass is 268 g/mol. The molecule has 1 unspecified atom stereocenters. The zero-order valence-electron chi connectivity index (χ0n) is 11.7. The van der Waals surface area contributed by atoms with E-state index in [4.69, 9.17) is 14.2 Å². The molecule has 1 rings (SSSR count). The number of carbonyl (C=O) groups excluding carboxylic acids is 1. The van der Waals surface area contributed by atoms with E-state index in [-0.39, 0.29) is 12.4 Å². The summed E-state index contributed by atoms with van der Waals surface area (Å²) in [5, 5.41) is 9.23. The van der Waals surface area contributed by atoms with E-state index in [1.807, 2.05) is 6.92 Å². The van der Waals surface area contributed by atoms with Gasteiger partial charge in [-0.2, -0.15) is 0 Å². The van der Waals surface area contributed by atoms with Gasteiger partial charge >= 0.3 is 0 Å². The molecule has 1 aromatic carbocycles. The van der Waals surface area contributed by atoms with Gasteiger partial charge in [-0.15, -0.1) is 0 Å². The van der Waals surface area contributed by atoms with E-state index in [0.29, 0.717) is 29.2 Å². The van der Waals surface area contributed by atoms with Crippen molar-refractivity contribution < 1.29 is 24.1 Å². The molecular weight excluding hydrogens is 248 g/mol. The molecule has 0 aliphatic carbocycles. The zero-order valence-corrected chi connectivity index (χ0v) is 11.7. The number of ether oxygens (including phenoxy) is 3. The second-order valence-corrected chi connectivity index (χ2v) is 4.06. The van der Waals surface area contributed by atoms with Gasteiger partial charge in [-0.25, -0.2) is 0 Å². The highest BCUT2D eigenvalue weighted by Crippen LogP contribution is 2.35. The topological polar surface area (TPSA) is 65.0 Å². The first-order chi connectivity index (χ1) is 9.12. The Morgan fingerprint density at radius 2 is 1.63 bits per heavy atom. The van der Waals surface area contributed by atoms with E-state index in [9.17, 15) is 9.90 Å². The number of methoxy groups -OCH3 is 3. The molecule has 5 heteroatoms. The fraction of sp³-hybridized carbons (Fsp3) is 0.500. The smallest absolute Gasteiger partial charge is 0.172 e. The van der Waals surface area contributed by atoms with Crippen molar-refractivity contribution in [2.75, 3.05) is 27.9 Å². The highest BCUT2D eigenvalue weighted by molar-refractivity contribution is 6.01. The average molecular weight is 268 g/mol. The fourth-order valence-electron chi connectivity index (χ4n) is 1.84. The molecule has 5 nitrogen and oxygen atoms in total. The minimum atomic E-state index is -0.438. The number of benzene rings is 1. The molecule has 1 aromatic rings. The predicted octanol–water partition coefficient (Wildman–Crippen LogP) is 1.91. The lowest BCUT2D eigenvalue weighted by molar-refractivity contribution is 0.0853. The van der Waals surface area contributed by atoms with E-state index >= 15 is 0 Å². The lowest BCUT2D eigenvalue weighted by atomic mass is 9.95. The summed E-state index contributed by atoms with van der Waals surface area (Å²) < 4.78 is 15.5. The van der Waals surface area contributed by atoms with Crippen LogP contribution in [0.4, 0.5) is 0 Å². The molecule has 0 aliphatic heterocycles. The van der Waals surface area contributed by atoms with Crippen LogP contribution in [0, 0.1) is 5.92 Å². The van der Waals surface area contributed by atoms with Crippen LogP contribution in [-0.2, 0) is 0 Å². The number of rotatable bonds is 7. The summed E-state index contributed by atoms with van der Waals surface area (Å²) in [6.45, 7) is 1.67. The number of aliphatic hydroxyl groups is 1. The molecule has 0 aromatic heterocycles. The van der Waals surface area contributed by atoms with Crippen LogP contribution in [-0.4, -0.2) is 38.8 Å². The average Bonchev–Trinajstić information content (AvgIpc) is 2.46. The Kier molecular flexibility index (Phi) is 5.63. The normalized spacial score (nSPS) is 11.8. The summed E-state index contributed by atoms with van der Waals surface area (Å²) in [7, 11) is 4.50. The van der Waals surface area contributed by atoms with Crippen molar-refractivity contribution in [3.05, 3.63) is 17.7 Å². The fourth-order valence-corrected chi connectivity index (χ4v) is 1.84. The Hall–Kier alpha value is -1.75. The van der Waals surface area contributed by atoms with Crippen molar-refractivity contribution in [1.29, 1.82) is 0 Å². The van der Waals surface area contributed by atoms with E-state index in [2.05, 4.69) is 0 Å². The molecule has 0 bridgehead atoms. The maximum absolute atomic E-state index is 12.3. The maximum Gasteiger partial charge on any atom is 0.172 e. The molecule has 0 aliphatic rings. The Balaban J connectivity index is 3.29. The van der Waals surface area contributed by atoms with Crippen molar-refractivity contribution >= 4 is 5.78 Å². The second kappa shape index (κ2) is 6.99. The number of aliphatic hydroxyl groups excluding tert-OH is 1. The number of carbonyl (C=O) groups is 1. The van der Waals surface area contributed by atoms with Gasteiger partial charge in [0.05, 0.1) is 33.5 Å². The van der Waals surface area contributed by atoms with E-state index in [1.54, 1.807) is 12.1 Å². The van der Waals surface area contributed by atoms with Crippen LogP contribution < -0.4 is 14.2 Å². The molecule has 0 amide bonds. The Morgan fingerprint density at radius 3 is 2.05 bits per heavy atom. The SMILES string of the molecule is CCC(CO)C(=O)c1cc(OC)c(OC)cc1OC. The summed E-state index contributed by atoms with van der Waals surface area (Å²) in [4.78, 5) is 12.3. The van der Waals surface area contributed by atoms with E-state index in [1.165, 1.54) is 21.3 Å². The molecular formula is C14H20O5. The van der Waals surface area contributed by atoms with Gasteiger partial charge in [0.15, 0.2) is 17.3 Å². The van der Waals surface area contributed by atoms with Crippen LogP contribution in [0.1, 0.15) is 23.7 Å². The van der Waals surface area contributed by atoms with Gasteiger partial charge in [0.2, 0.25) is 0 Å². The van der Waals surface area contributed by atoms with Crippen molar-refractivity contribution in [3.8, 4) is 17.2 Å². The largest absolute Gasteiger partial charge is 0.496 e. The zero-order chi connectivity index (χ0) is 14.4. The molecule has 0 radical (unpaired) electrons. The van der Waals surface area contributed by atoms with Crippen LogP contribution in [0.25, 0.3) is 0 Å². The van der Waals surface area contributed by atoms with Gasteiger partial charge in [0.25, 0.3) is 0 Å². The predicted molar refractivity (Wildman–Crippen MR) is 71.3 cm³/mol. The van der Waals surface area contributed by atoms with Crippen LogP contribution in [0.3, 0.4) is 0 Å². The van der Waals surface area contributed by atoms with Gasteiger partial charge in [0.1, 0.15) is 5.75 Å². The van der Waals surface area contributed by atoms with Crippen molar-refractivity contribution in [3.63, 3.8) is 0 Å². The molecule has 1 N–H and O–H groups in total. The molecule has 1 atom stereocenters. The van der Waals surface area contributed by atoms with Gasteiger partial charge in [0, 0.05) is 12.0 Å². The van der Waals surface area contributed by atoms with Crippen molar-refractivity contribution in [2.45, 2.75) is 13.3 Å². The third-order valence-corrected chi connectivity index (χ3v) is 3.06. The molecule has 19 heavy (non-hydrogen) atoms. The Morgan fingerprint density at radius 1 is 1.11 bits per heavy atom. The first-order valence-electron chi connectivity index (χ1n) is 6.07. The van der Waals surface area contributed by atoms with Crippen LogP contribution >= 0.6 is 0 Å². The summed E-state index contributed by atoms with van der Waals surface area (Å²) in [5.74, 6) is 0.761. The Labute approximate surface area is 113 Å². The number of Topliss-reactive ketones (excluding diaryl/α,β-unsaturated/α-hetero) is 1. The second-order valence-electron chi connectivity index (χ2n) is 4.06. The van der Waals surface area contributed by atoms with Crippen molar-refractivity contribution in [2.24, 2.45) is 5.92 Å². The molecule has 0 saturated heterocycles. The van der Waals surface area contributed by atoms with Crippen molar-refractivity contribution in [1.82, 2.24) is 0 Å². The standard InChI is InChI=1S/C14H20O5/c1-5-9(8-15)14(16)10-6-12(18-3)13(19-4)7-11(10)17-2/h6-7,9,15H,5,8H2,1-4H3. The Bertz CT molecular complexity index is 438. The molecule has 0 heterocycles. The third-order valence-electron chi connectivity index (χ3n) is 3.06. The minimum absolute atomic E-state index is 0.164. The third kappa shape index (κ3) is 3.17. The quantitative estimate of drug-likeness (QED) is 0.765. The molecule has 0 saturated carbocycles. The molecule has 0 fully saturated rings. The first kappa shape index (κ1) is 15.3. The number of ketones is 1. The molecule has 106 valence electrons. The minimum Gasteiger partial charge on any atom is -0.496 e. The van der Waals surface area contributed by atoms with Crippen LogP contribution in [0.2, 0.25) is 0 Å². The van der Waals surface area contributed by atoms with Gasteiger partial charge in [-0.1, -0.05) is 6.92 Å². The summed E-state index contributed by atoms with van der Waals surface area (Å²) in [5.41, 5.74) is 0.390. The van der Waals surface area contributed by atoms with E-state index in [0.717, 1.165) is 0 Å². The lowest BCUT2D eigenvalue weighted by Gasteiger charge is -2.16. The first-order valence-corrected chi connectivity index (χ1v) is 6.07. The maximum atomic E-state index is 12.3. The van der Waals surface area contributed by atoms with Crippen LogP contribution in [0.15, 0.2) is 12.1 Å². The van der Waals surface area contributed by atoms with Crippen LogP contribution in [0.5, 0.6) is 17.2 Å². The van der Waals surface area contributed by atoms with Gasteiger partial charge in [-0.3, -0.25) is 4.79 Å². The highest BCUT2D eigenvalue weighted by atomic mass is 16.5. The summed E-state index contributed by atoms with van der Waals surface area (Å²) in [6.07, 6.45) is 0.562. The van der Waals surface area contributed by atoms with Gasteiger partial charge in [-0.05, 0) is 12.5 Å². The molecule has 0 spiro atoms. The lowest BCUT2D eigenvalue weighted by Crippen LogP contribution is -2.18. The number of hydrogen-bond acceptors (Lipinski definition) is 5. The van der Waals surface area contributed by atoms with Gasteiger partial charge < -0.3 is 19.3 Å². The summed E-state index contributed by atoms with van der Waals surface area (Å²) >= 11 is 0. The highest BCUT2D eigenvalue weighted by Gasteiger charge is 2.23. The number of hydrogen-bond donors (Lipinski definition) is 1. The van der Waals surface area contributed by atoms with E-state index < -0.39 is 5.92 Å².